The lowest BCUT2D eigenvalue weighted by molar-refractivity contribution is 0.0946. The van der Waals surface area contributed by atoms with Crippen molar-refractivity contribution in [3.8, 4) is 5.69 Å². The van der Waals surface area contributed by atoms with E-state index in [2.05, 4.69) is 34.5 Å². The first-order valence-electron chi connectivity index (χ1n) is 9.11. The number of hydrogen-bond donors (Lipinski definition) is 2. The summed E-state index contributed by atoms with van der Waals surface area (Å²) in [4.78, 5) is 15.1. The van der Waals surface area contributed by atoms with Crippen LogP contribution in [0, 0.1) is 0 Å². The van der Waals surface area contributed by atoms with Gasteiger partial charge in [0.25, 0.3) is 5.91 Å². The number of amides is 1. The third-order valence-electron chi connectivity index (χ3n) is 4.59. The van der Waals surface area contributed by atoms with Crippen molar-refractivity contribution in [1.82, 2.24) is 25.3 Å². The average Bonchev–Trinajstić information content (AvgIpc) is 3.08. The predicted octanol–water partition coefficient (Wildman–Crippen LogP) is 2.28. The summed E-state index contributed by atoms with van der Waals surface area (Å²) in [7, 11) is 0. The Kier molecular flexibility index (Phi) is 6.29. The normalized spacial score (nSPS) is 15.4. The molecule has 0 atom stereocenters. The van der Waals surface area contributed by atoms with Crippen LogP contribution in [-0.2, 0) is 0 Å². The van der Waals surface area contributed by atoms with Gasteiger partial charge in [0.15, 0.2) is 0 Å². The van der Waals surface area contributed by atoms with Crippen molar-refractivity contribution in [2.75, 3.05) is 39.3 Å². The highest BCUT2D eigenvalue weighted by Gasteiger charge is 2.21. The smallest absolute Gasteiger partial charge is 0.254 e. The summed E-state index contributed by atoms with van der Waals surface area (Å²) < 4.78 is 1.83. The Hall–Kier alpha value is -1.89. The van der Waals surface area contributed by atoms with Crippen LogP contribution in [0.25, 0.3) is 5.69 Å². The van der Waals surface area contributed by atoms with Crippen molar-refractivity contribution in [2.24, 2.45) is 0 Å². The lowest BCUT2D eigenvalue weighted by Gasteiger charge is -2.27. The number of nitrogens with zero attached hydrogens (tertiary/aromatic N) is 3. The summed E-state index contributed by atoms with van der Waals surface area (Å²) in [6.45, 7) is 9.74. The molecular formula is C19H26ClN5O. The van der Waals surface area contributed by atoms with E-state index in [0.717, 1.165) is 44.1 Å². The molecule has 2 heterocycles. The molecule has 140 valence electrons. The SMILES string of the molecule is CC(C)c1c(C(=O)NCCN2CCNCC2)cnn1-c1ccc(Cl)cc1. The van der Waals surface area contributed by atoms with Gasteiger partial charge in [0.05, 0.1) is 23.1 Å². The van der Waals surface area contributed by atoms with Crippen LogP contribution in [0.15, 0.2) is 30.5 Å². The fraction of sp³-hybridized carbons (Fsp3) is 0.474. The zero-order chi connectivity index (χ0) is 18.5. The van der Waals surface area contributed by atoms with Crippen LogP contribution in [-0.4, -0.2) is 59.9 Å². The average molecular weight is 376 g/mol. The van der Waals surface area contributed by atoms with Crippen LogP contribution >= 0.6 is 11.6 Å². The molecule has 0 saturated carbocycles. The van der Waals surface area contributed by atoms with Gasteiger partial charge in [-0.2, -0.15) is 5.10 Å². The van der Waals surface area contributed by atoms with E-state index in [9.17, 15) is 4.79 Å². The number of benzene rings is 1. The quantitative estimate of drug-likeness (QED) is 0.813. The van der Waals surface area contributed by atoms with Crippen molar-refractivity contribution >= 4 is 17.5 Å². The Morgan fingerprint density at radius 1 is 1.27 bits per heavy atom. The van der Waals surface area contributed by atoms with E-state index in [1.54, 1.807) is 6.20 Å². The Labute approximate surface area is 159 Å². The van der Waals surface area contributed by atoms with Gasteiger partial charge >= 0.3 is 0 Å². The molecule has 3 rings (SSSR count). The van der Waals surface area contributed by atoms with Gasteiger partial charge in [0, 0.05) is 44.3 Å². The van der Waals surface area contributed by atoms with Crippen LogP contribution in [0.1, 0.15) is 35.8 Å². The Morgan fingerprint density at radius 2 is 1.96 bits per heavy atom. The molecule has 0 bridgehead atoms. The van der Waals surface area contributed by atoms with Crippen LogP contribution in [0.2, 0.25) is 5.02 Å². The summed E-state index contributed by atoms with van der Waals surface area (Å²) in [5.41, 5.74) is 2.44. The van der Waals surface area contributed by atoms with Crippen molar-refractivity contribution in [2.45, 2.75) is 19.8 Å². The largest absolute Gasteiger partial charge is 0.351 e. The second-order valence-corrected chi connectivity index (χ2v) is 7.27. The molecule has 0 aliphatic carbocycles. The second-order valence-electron chi connectivity index (χ2n) is 6.83. The van der Waals surface area contributed by atoms with Gasteiger partial charge in [0.2, 0.25) is 0 Å². The topological polar surface area (TPSA) is 62.2 Å². The Balaban J connectivity index is 1.70. The molecule has 1 aromatic carbocycles. The molecule has 0 spiro atoms. The third-order valence-corrected chi connectivity index (χ3v) is 4.84. The van der Waals surface area contributed by atoms with E-state index >= 15 is 0 Å². The van der Waals surface area contributed by atoms with Gasteiger partial charge in [-0.15, -0.1) is 0 Å². The van der Waals surface area contributed by atoms with Gasteiger partial charge in [-0.3, -0.25) is 9.69 Å². The summed E-state index contributed by atoms with van der Waals surface area (Å²) in [6, 6.07) is 7.48. The number of nitrogens with one attached hydrogen (secondary N) is 2. The molecule has 7 heteroatoms. The number of carbonyl (C=O) groups is 1. The highest BCUT2D eigenvalue weighted by atomic mass is 35.5. The highest BCUT2D eigenvalue weighted by Crippen LogP contribution is 2.23. The van der Waals surface area contributed by atoms with E-state index in [-0.39, 0.29) is 11.8 Å². The number of halogens is 1. The van der Waals surface area contributed by atoms with Crippen LogP contribution in [0.4, 0.5) is 0 Å². The van der Waals surface area contributed by atoms with Crippen molar-refractivity contribution < 1.29 is 4.79 Å². The fourth-order valence-corrected chi connectivity index (χ4v) is 3.36. The van der Waals surface area contributed by atoms with Crippen LogP contribution in [0.5, 0.6) is 0 Å². The van der Waals surface area contributed by atoms with E-state index in [0.29, 0.717) is 17.1 Å². The van der Waals surface area contributed by atoms with Crippen molar-refractivity contribution in [3.05, 3.63) is 46.7 Å². The van der Waals surface area contributed by atoms with E-state index in [1.165, 1.54) is 0 Å². The van der Waals surface area contributed by atoms with Gasteiger partial charge < -0.3 is 10.6 Å². The first kappa shape index (κ1) is 18.9. The number of aromatic nitrogens is 2. The molecule has 2 N–H and O–H groups in total. The molecule has 6 nitrogen and oxygen atoms in total. The molecule has 1 aromatic heterocycles. The minimum absolute atomic E-state index is 0.0657. The molecule has 0 radical (unpaired) electrons. The summed E-state index contributed by atoms with van der Waals surface area (Å²) in [5, 5.41) is 11.5. The van der Waals surface area contributed by atoms with Gasteiger partial charge in [-0.25, -0.2) is 4.68 Å². The molecule has 2 aromatic rings. The summed E-state index contributed by atoms with van der Waals surface area (Å²) >= 11 is 5.98. The minimum atomic E-state index is -0.0657. The number of piperazine rings is 1. The monoisotopic (exact) mass is 375 g/mol. The molecule has 0 unspecified atom stereocenters. The van der Waals surface area contributed by atoms with Crippen molar-refractivity contribution in [3.63, 3.8) is 0 Å². The van der Waals surface area contributed by atoms with Crippen LogP contribution < -0.4 is 10.6 Å². The number of hydrogen-bond acceptors (Lipinski definition) is 4. The molecule has 26 heavy (non-hydrogen) atoms. The summed E-state index contributed by atoms with van der Waals surface area (Å²) in [5.74, 6) is 0.103. The molecule has 1 aliphatic heterocycles. The molecule has 1 aliphatic rings. The maximum atomic E-state index is 12.7. The molecular weight excluding hydrogens is 350 g/mol. The highest BCUT2D eigenvalue weighted by molar-refractivity contribution is 6.30. The predicted molar refractivity (Wildman–Crippen MR) is 104 cm³/mol. The van der Waals surface area contributed by atoms with Crippen LogP contribution in [0.3, 0.4) is 0 Å². The molecule has 1 amide bonds. The first-order chi connectivity index (χ1) is 12.6. The lowest BCUT2D eigenvalue weighted by atomic mass is 10.1. The Bertz CT molecular complexity index is 735. The van der Waals surface area contributed by atoms with E-state index in [1.807, 2.05) is 28.9 Å². The van der Waals surface area contributed by atoms with Gasteiger partial charge in [-0.1, -0.05) is 25.4 Å². The fourth-order valence-electron chi connectivity index (χ4n) is 3.23. The lowest BCUT2D eigenvalue weighted by Crippen LogP contribution is -2.46. The summed E-state index contributed by atoms with van der Waals surface area (Å²) in [6.07, 6.45) is 1.66. The zero-order valence-electron chi connectivity index (χ0n) is 15.3. The standard InChI is InChI=1S/C19H26ClN5O/c1-14(2)18-17(13-23-25(18)16-5-3-15(20)4-6-16)19(26)22-9-12-24-10-7-21-8-11-24/h3-6,13-14,21H,7-12H2,1-2H3,(H,22,26). The van der Waals surface area contributed by atoms with Gasteiger partial charge in [-0.05, 0) is 30.2 Å². The zero-order valence-corrected chi connectivity index (χ0v) is 16.1. The first-order valence-corrected chi connectivity index (χ1v) is 9.49. The minimum Gasteiger partial charge on any atom is -0.351 e. The molecule has 1 fully saturated rings. The van der Waals surface area contributed by atoms with E-state index < -0.39 is 0 Å². The van der Waals surface area contributed by atoms with E-state index in [4.69, 9.17) is 11.6 Å². The molecule has 1 saturated heterocycles. The third kappa shape index (κ3) is 4.44. The Morgan fingerprint density at radius 3 is 2.62 bits per heavy atom. The number of rotatable bonds is 6. The second kappa shape index (κ2) is 8.66. The maximum Gasteiger partial charge on any atom is 0.254 e. The maximum absolute atomic E-state index is 12.7. The van der Waals surface area contributed by atoms with Crippen molar-refractivity contribution in [1.29, 1.82) is 0 Å². The number of carbonyl (C=O) groups excluding carboxylic acids is 1. The van der Waals surface area contributed by atoms with Gasteiger partial charge in [0.1, 0.15) is 0 Å².